The van der Waals surface area contributed by atoms with E-state index in [1.165, 1.54) is 0 Å². The van der Waals surface area contributed by atoms with Crippen molar-refractivity contribution in [3.8, 4) is 0 Å². The second-order valence-electron chi connectivity index (χ2n) is 3.55. The Hall–Kier alpha value is -0.570. The van der Waals surface area contributed by atoms with Crippen LogP contribution in [0.4, 0.5) is 0 Å². The van der Waals surface area contributed by atoms with Gasteiger partial charge in [-0.15, -0.1) is 0 Å². The smallest absolute Gasteiger partial charge is 0.223 e. The SMILES string of the molecule is CC(C)NC(=O)C1CCOCC1. The first-order valence-electron chi connectivity index (χ1n) is 4.58. The van der Waals surface area contributed by atoms with Crippen LogP contribution in [0.2, 0.25) is 0 Å². The molecule has 70 valence electrons. The van der Waals surface area contributed by atoms with E-state index in [4.69, 9.17) is 4.74 Å². The van der Waals surface area contributed by atoms with E-state index in [0.717, 1.165) is 26.1 Å². The van der Waals surface area contributed by atoms with E-state index in [9.17, 15) is 4.79 Å². The highest BCUT2D eigenvalue weighted by Gasteiger charge is 2.21. The summed E-state index contributed by atoms with van der Waals surface area (Å²) in [7, 11) is 0. The molecule has 1 fully saturated rings. The minimum absolute atomic E-state index is 0.182. The van der Waals surface area contributed by atoms with Gasteiger partial charge < -0.3 is 10.1 Å². The Kier molecular flexibility index (Phi) is 3.53. The van der Waals surface area contributed by atoms with Gasteiger partial charge in [0, 0.05) is 25.2 Å². The Morgan fingerprint density at radius 3 is 2.50 bits per heavy atom. The zero-order chi connectivity index (χ0) is 8.97. The minimum atomic E-state index is 0.182. The highest BCUT2D eigenvalue weighted by atomic mass is 16.5. The van der Waals surface area contributed by atoms with Gasteiger partial charge in [0.2, 0.25) is 5.91 Å². The molecular formula is C9H17NO2. The molecule has 0 spiro atoms. The van der Waals surface area contributed by atoms with Gasteiger partial charge in [0.25, 0.3) is 0 Å². The summed E-state index contributed by atoms with van der Waals surface area (Å²) in [5, 5.41) is 2.92. The largest absolute Gasteiger partial charge is 0.381 e. The Labute approximate surface area is 73.5 Å². The Bertz CT molecular complexity index is 151. The lowest BCUT2D eigenvalue weighted by Gasteiger charge is -2.22. The van der Waals surface area contributed by atoms with E-state index in [1.807, 2.05) is 13.8 Å². The van der Waals surface area contributed by atoms with Crippen molar-refractivity contribution in [1.82, 2.24) is 5.32 Å². The normalized spacial score (nSPS) is 19.6. The van der Waals surface area contributed by atoms with Crippen LogP contribution >= 0.6 is 0 Å². The highest BCUT2D eigenvalue weighted by molar-refractivity contribution is 5.78. The molecule has 1 N–H and O–H groups in total. The first kappa shape index (κ1) is 9.52. The molecule has 0 aromatic heterocycles. The third-order valence-electron chi connectivity index (χ3n) is 2.02. The molecule has 0 saturated carbocycles. The fraction of sp³-hybridized carbons (Fsp3) is 0.889. The second kappa shape index (κ2) is 4.45. The number of hydrogen-bond donors (Lipinski definition) is 1. The Morgan fingerprint density at radius 1 is 1.42 bits per heavy atom. The van der Waals surface area contributed by atoms with Crippen LogP contribution < -0.4 is 5.32 Å². The van der Waals surface area contributed by atoms with Crippen molar-refractivity contribution >= 4 is 5.91 Å². The molecule has 3 nitrogen and oxygen atoms in total. The maximum absolute atomic E-state index is 11.4. The topological polar surface area (TPSA) is 38.3 Å². The molecule has 1 rings (SSSR count). The van der Waals surface area contributed by atoms with Crippen LogP contribution in [0.3, 0.4) is 0 Å². The average molecular weight is 171 g/mol. The summed E-state index contributed by atoms with van der Waals surface area (Å²) in [5.74, 6) is 0.370. The number of amides is 1. The summed E-state index contributed by atoms with van der Waals surface area (Å²) < 4.78 is 5.17. The molecule has 1 saturated heterocycles. The van der Waals surface area contributed by atoms with Gasteiger partial charge in [0.1, 0.15) is 0 Å². The van der Waals surface area contributed by atoms with E-state index in [0.29, 0.717) is 0 Å². The van der Waals surface area contributed by atoms with E-state index >= 15 is 0 Å². The molecular weight excluding hydrogens is 154 g/mol. The minimum Gasteiger partial charge on any atom is -0.381 e. The van der Waals surface area contributed by atoms with Crippen molar-refractivity contribution < 1.29 is 9.53 Å². The third-order valence-corrected chi connectivity index (χ3v) is 2.02. The molecule has 1 amide bonds. The van der Waals surface area contributed by atoms with Crippen molar-refractivity contribution in [2.75, 3.05) is 13.2 Å². The second-order valence-corrected chi connectivity index (χ2v) is 3.55. The molecule has 0 aromatic carbocycles. The monoisotopic (exact) mass is 171 g/mol. The quantitative estimate of drug-likeness (QED) is 0.671. The van der Waals surface area contributed by atoms with Crippen molar-refractivity contribution in [3.63, 3.8) is 0 Å². The molecule has 0 bridgehead atoms. The fourth-order valence-corrected chi connectivity index (χ4v) is 1.36. The van der Waals surface area contributed by atoms with Gasteiger partial charge in [-0.1, -0.05) is 0 Å². The van der Waals surface area contributed by atoms with Gasteiger partial charge >= 0.3 is 0 Å². The number of hydrogen-bond acceptors (Lipinski definition) is 2. The molecule has 3 heteroatoms. The number of carbonyl (C=O) groups excluding carboxylic acids is 1. The van der Waals surface area contributed by atoms with Crippen LogP contribution in [0.5, 0.6) is 0 Å². The summed E-state index contributed by atoms with van der Waals surface area (Å²) in [6, 6.07) is 0.250. The molecule has 1 aliphatic heterocycles. The van der Waals surface area contributed by atoms with Crippen LogP contribution in [0.25, 0.3) is 0 Å². The molecule has 1 heterocycles. The maximum Gasteiger partial charge on any atom is 0.223 e. The number of ether oxygens (including phenoxy) is 1. The summed E-state index contributed by atoms with van der Waals surface area (Å²) in [6.45, 7) is 5.43. The first-order chi connectivity index (χ1) is 5.70. The van der Waals surface area contributed by atoms with Gasteiger partial charge in [-0.05, 0) is 26.7 Å². The van der Waals surface area contributed by atoms with Gasteiger partial charge in [-0.25, -0.2) is 0 Å². The summed E-state index contributed by atoms with van der Waals surface area (Å²) in [5.41, 5.74) is 0. The van der Waals surface area contributed by atoms with E-state index in [-0.39, 0.29) is 17.9 Å². The van der Waals surface area contributed by atoms with Gasteiger partial charge in [0.05, 0.1) is 0 Å². The third kappa shape index (κ3) is 2.81. The fourth-order valence-electron chi connectivity index (χ4n) is 1.36. The number of carbonyl (C=O) groups is 1. The molecule has 0 aromatic rings. The molecule has 12 heavy (non-hydrogen) atoms. The van der Waals surface area contributed by atoms with E-state index < -0.39 is 0 Å². The molecule has 1 aliphatic rings. The summed E-state index contributed by atoms with van der Waals surface area (Å²) >= 11 is 0. The molecule has 0 unspecified atom stereocenters. The predicted molar refractivity (Wildman–Crippen MR) is 46.8 cm³/mol. The molecule has 0 radical (unpaired) electrons. The van der Waals surface area contributed by atoms with Crippen LogP contribution in [0.15, 0.2) is 0 Å². The van der Waals surface area contributed by atoms with Gasteiger partial charge in [0.15, 0.2) is 0 Å². The van der Waals surface area contributed by atoms with Crippen LogP contribution in [0, 0.1) is 5.92 Å². The van der Waals surface area contributed by atoms with E-state index in [1.54, 1.807) is 0 Å². The average Bonchev–Trinajstić information content (AvgIpc) is 2.05. The van der Waals surface area contributed by atoms with Crippen molar-refractivity contribution in [1.29, 1.82) is 0 Å². The first-order valence-corrected chi connectivity index (χ1v) is 4.58. The lowest BCUT2D eigenvalue weighted by atomic mass is 9.99. The maximum atomic E-state index is 11.4. The zero-order valence-corrected chi connectivity index (χ0v) is 7.80. The van der Waals surface area contributed by atoms with Crippen molar-refractivity contribution in [2.45, 2.75) is 32.7 Å². The number of nitrogens with one attached hydrogen (secondary N) is 1. The van der Waals surface area contributed by atoms with Crippen molar-refractivity contribution in [2.24, 2.45) is 5.92 Å². The molecule has 0 atom stereocenters. The van der Waals surface area contributed by atoms with Crippen LogP contribution in [-0.2, 0) is 9.53 Å². The summed E-state index contributed by atoms with van der Waals surface area (Å²) in [6.07, 6.45) is 1.75. The van der Waals surface area contributed by atoms with Crippen LogP contribution in [-0.4, -0.2) is 25.2 Å². The van der Waals surface area contributed by atoms with Gasteiger partial charge in [-0.3, -0.25) is 4.79 Å². The standard InChI is InChI=1S/C9H17NO2/c1-7(2)10-9(11)8-3-5-12-6-4-8/h7-8H,3-6H2,1-2H3,(H,10,11). The molecule has 0 aliphatic carbocycles. The van der Waals surface area contributed by atoms with Gasteiger partial charge in [-0.2, -0.15) is 0 Å². The summed E-state index contributed by atoms with van der Waals surface area (Å²) in [4.78, 5) is 11.4. The highest BCUT2D eigenvalue weighted by Crippen LogP contribution is 2.14. The lowest BCUT2D eigenvalue weighted by Crippen LogP contribution is -2.37. The lowest BCUT2D eigenvalue weighted by molar-refractivity contribution is -0.128. The van der Waals surface area contributed by atoms with Crippen LogP contribution in [0.1, 0.15) is 26.7 Å². The predicted octanol–water partition coefficient (Wildman–Crippen LogP) is 0.938. The number of rotatable bonds is 2. The zero-order valence-electron chi connectivity index (χ0n) is 7.80. The Balaban J connectivity index is 2.30. The van der Waals surface area contributed by atoms with E-state index in [2.05, 4.69) is 5.32 Å². The van der Waals surface area contributed by atoms with Crippen molar-refractivity contribution in [3.05, 3.63) is 0 Å². The Morgan fingerprint density at radius 2 is 2.00 bits per heavy atom.